The molecule has 0 aromatic carbocycles. The van der Waals surface area contributed by atoms with Gasteiger partial charge in [-0.3, -0.25) is 0 Å². The van der Waals surface area contributed by atoms with Crippen LogP contribution in [-0.4, -0.2) is 20.0 Å². The van der Waals surface area contributed by atoms with Crippen LogP contribution in [0.2, 0.25) is 0 Å². The van der Waals surface area contributed by atoms with Crippen LogP contribution in [0.4, 0.5) is 0 Å². The molecule has 0 radical (unpaired) electrons. The zero-order valence-electron chi connectivity index (χ0n) is 9.42. The molecule has 0 fully saturated rings. The first-order valence-corrected chi connectivity index (χ1v) is 6.16. The molecule has 86 valence electrons. The van der Waals surface area contributed by atoms with Gasteiger partial charge in [-0.15, -0.1) is 16.4 Å². The van der Waals surface area contributed by atoms with Crippen molar-refractivity contribution >= 4 is 11.3 Å². The summed E-state index contributed by atoms with van der Waals surface area (Å²) >= 11 is 1.58. The molecule has 2 N–H and O–H groups in total. The number of rotatable bonds is 4. The number of nitrogens with zero attached hydrogens (tertiary/aromatic N) is 4. The Morgan fingerprint density at radius 1 is 1.56 bits per heavy atom. The molecule has 0 saturated heterocycles. The fraction of sp³-hybridized carbons (Fsp3) is 0.500. The molecular weight excluding hydrogens is 222 g/mol. The standard InChI is InChI=1S/C10H15N5S/c1-3-4-15-8(5-13-14-15)9(11)10-7(2)12-6-16-10/h5-6,9H,3-4,11H2,1-2H3. The summed E-state index contributed by atoms with van der Waals surface area (Å²) in [5, 5.41) is 7.96. The summed E-state index contributed by atoms with van der Waals surface area (Å²) in [6.45, 7) is 4.93. The van der Waals surface area contributed by atoms with E-state index in [1.54, 1.807) is 17.5 Å². The Kier molecular flexibility index (Phi) is 3.31. The van der Waals surface area contributed by atoms with Gasteiger partial charge in [0.25, 0.3) is 0 Å². The van der Waals surface area contributed by atoms with Crippen LogP contribution in [0, 0.1) is 6.92 Å². The lowest BCUT2D eigenvalue weighted by molar-refractivity contribution is 0.544. The van der Waals surface area contributed by atoms with Gasteiger partial charge in [-0.25, -0.2) is 9.67 Å². The van der Waals surface area contributed by atoms with E-state index in [0.717, 1.165) is 29.2 Å². The number of aromatic nitrogens is 4. The van der Waals surface area contributed by atoms with E-state index in [1.807, 2.05) is 17.1 Å². The molecule has 0 spiro atoms. The Balaban J connectivity index is 2.30. The lowest BCUT2D eigenvalue weighted by atomic mass is 10.1. The van der Waals surface area contributed by atoms with Crippen molar-refractivity contribution in [3.05, 3.63) is 28.0 Å². The first-order valence-electron chi connectivity index (χ1n) is 5.28. The fourth-order valence-electron chi connectivity index (χ4n) is 1.64. The molecule has 0 aliphatic rings. The van der Waals surface area contributed by atoms with Crippen molar-refractivity contribution < 1.29 is 0 Å². The Morgan fingerprint density at radius 3 is 3.00 bits per heavy atom. The second kappa shape index (κ2) is 4.71. The summed E-state index contributed by atoms with van der Waals surface area (Å²) in [6.07, 6.45) is 2.75. The third-order valence-corrected chi connectivity index (χ3v) is 3.48. The number of hydrogen-bond donors (Lipinski definition) is 1. The predicted molar refractivity (Wildman–Crippen MR) is 63.2 cm³/mol. The third-order valence-electron chi connectivity index (χ3n) is 2.47. The maximum absolute atomic E-state index is 6.21. The highest BCUT2D eigenvalue weighted by Crippen LogP contribution is 2.25. The van der Waals surface area contributed by atoms with Crippen molar-refractivity contribution in [1.82, 2.24) is 20.0 Å². The third kappa shape index (κ3) is 1.98. The largest absolute Gasteiger partial charge is 0.318 e. The molecule has 0 saturated carbocycles. The summed E-state index contributed by atoms with van der Waals surface area (Å²) in [4.78, 5) is 5.29. The zero-order chi connectivity index (χ0) is 11.5. The van der Waals surface area contributed by atoms with Crippen LogP contribution >= 0.6 is 11.3 Å². The summed E-state index contributed by atoms with van der Waals surface area (Å²) in [5.41, 5.74) is 9.97. The van der Waals surface area contributed by atoms with Gasteiger partial charge in [0.1, 0.15) is 0 Å². The normalized spacial score (nSPS) is 12.9. The van der Waals surface area contributed by atoms with E-state index in [4.69, 9.17) is 5.73 Å². The van der Waals surface area contributed by atoms with E-state index < -0.39 is 0 Å². The minimum Gasteiger partial charge on any atom is -0.318 e. The summed E-state index contributed by atoms with van der Waals surface area (Å²) in [5.74, 6) is 0. The van der Waals surface area contributed by atoms with E-state index in [0.29, 0.717) is 0 Å². The molecule has 0 amide bonds. The second-order valence-electron chi connectivity index (χ2n) is 3.66. The van der Waals surface area contributed by atoms with E-state index in [-0.39, 0.29) is 6.04 Å². The van der Waals surface area contributed by atoms with Crippen LogP contribution in [0.25, 0.3) is 0 Å². The van der Waals surface area contributed by atoms with Gasteiger partial charge in [-0.05, 0) is 13.3 Å². The van der Waals surface area contributed by atoms with Gasteiger partial charge in [0, 0.05) is 6.54 Å². The van der Waals surface area contributed by atoms with Crippen molar-refractivity contribution in [2.75, 3.05) is 0 Å². The monoisotopic (exact) mass is 237 g/mol. The maximum atomic E-state index is 6.21. The highest BCUT2D eigenvalue weighted by atomic mass is 32.1. The van der Waals surface area contributed by atoms with Crippen LogP contribution < -0.4 is 5.73 Å². The smallest absolute Gasteiger partial charge is 0.0852 e. The van der Waals surface area contributed by atoms with Crippen LogP contribution in [-0.2, 0) is 6.54 Å². The topological polar surface area (TPSA) is 69.6 Å². The van der Waals surface area contributed by atoms with Crippen molar-refractivity contribution in [3.8, 4) is 0 Å². The zero-order valence-corrected chi connectivity index (χ0v) is 10.2. The molecule has 16 heavy (non-hydrogen) atoms. The lowest BCUT2D eigenvalue weighted by Gasteiger charge is -2.11. The first-order chi connectivity index (χ1) is 7.74. The average Bonchev–Trinajstić information content (AvgIpc) is 2.87. The summed E-state index contributed by atoms with van der Waals surface area (Å²) in [7, 11) is 0. The number of hydrogen-bond acceptors (Lipinski definition) is 5. The molecule has 1 atom stereocenters. The minimum atomic E-state index is -0.172. The summed E-state index contributed by atoms with van der Waals surface area (Å²) < 4.78 is 1.86. The molecule has 0 aliphatic carbocycles. The Labute approximate surface area is 98.3 Å². The van der Waals surface area contributed by atoms with E-state index >= 15 is 0 Å². The van der Waals surface area contributed by atoms with E-state index in [1.165, 1.54) is 0 Å². The van der Waals surface area contributed by atoms with Crippen LogP contribution in [0.5, 0.6) is 0 Å². The highest BCUT2D eigenvalue weighted by molar-refractivity contribution is 7.09. The number of nitrogens with two attached hydrogens (primary N) is 1. The van der Waals surface area contributed by atoms with Crippen LogP contribution in [0.3, 0.4) is 0 Å². The predicted octanol–water partition coefficient (Wildman–Crippen LogP) is 1.50. The molecule has 1 unspecified atom stereocenters. The van der Waals surface area contributed by atoms with Gasteiger partial charge in [-0.1, -0.05) is 12.1 Å². The quantitative estimate of drug-likeness (QED) is 0.875. The van der Waals surface area contributed by atoms with Gasteiger partial charge < -0.3 is 5.73 Å². The maximum Gasteiger partial charge on any atom is 0.0852 e. The first kappa shape index (κ1) is 11.2. The van der Waals surface area contributed by atoms with Crippen LogP contribution in [0.15, 0.2) is 11.7 Å². The number of thiazole rings is 1. The summed E-state index contributed by atoms with van der Waals surface area (Å²) in [6, 6.07) is -0.172. The molecule has 0 aliphatic heterocycles. The minimum absolute atomic E-state index is 0.172. The molecule has 2 aromatic rings. The Morgan fingerprint density at radius 2 is 2.38 bits per heavy atom. The van der Waals surface area contributed by atoms with Gasteiger partial charge in [0.2, 0.25) is 0 Å². The van der Waals surface area contributed by atoms with Crippen molar-refractivity contribution in [2.24, 2.45) is 5.73 Å². The van der Waals surface area contributed by atoms with Crippen LogP contribution in [0.1, 0.15) is 35.7 Å². The molecule has 5 nitrogen and oxygen atoms in total. The molecule has 6 heteroatoms. The molecular formula is C10H15N5S. The Bertz CT molecular complexity index is 461. The molecule has 2 rings (SSSR count). The van der Waals surface area contributed by atoms with Crippen molar-refractivity contribution in [3.63, 3.8) is 0 Å². The van der Waals surface area contributed by atoms with Gasteiger partial charge in [0.15, 0.2) is 0 Å². The van der Waals surface area contributed by atoms with Gasteiger partial charge in [0.05, 0.1) is 34.0 Å². The fourth-order valence-corrected chi connectivity index (χ4v) is 2.45. The van der Waals surface area contributed by atoms with Gasteiger partial charge >= 0.3 is 0 Å². The average molecular weight is 237 g/mol. The lowest BCUT2D eigenvalue weighted by Crippen LogP contribution is -2.17. The van der Waals surface area contributed by atoms with Crippen molar-refractivity contribution in [1.29, 1.82) is 0 Å². The molecule has 0 bridgehead atoms. The highest BCUT2D eigenvalue weighted by Gasteiger charge is 2.18. The van der Waals surface area contributed by atoms with E-state index in [9.17, 15) is 0 Å². The number of aryl methyl sites for hydroxylation is 2. The van der Waals surface area contributed by atoms with Gasteiger partial charge in [-0.2, -0.15) is 0 Å². The SMILES string of the molecule is CCCn1nncc1C(N)c1scnc1C. The molecule has 2 aromatic heterocycles. The second-order valence-corrected chi connectivity index (χ2v) is 4.55. The Hall–Kier alpha value is -1.27. The van der Waals surface area contributed by atoms with E-state index in [2.05, 4.69) is 22.2 Å². The molecule has 2 heterocycles. The van der Waals surface area contributed by atoms with Crippen molar-refractivity contribution in [2.45, 2.75) is 32.9 Å².